The average Bonchev–Trinajstić information content (AvgIpc) is 2.85. The van der Waals surface area contributed by atoms with Crippen molar-refractivity contribution in [3.63, 3.8) is 0 Å². The number of aromatic hydroxyl groups is 1. The summed E-state index contributed by atoms with van der Waals surface area (Å²) in [6.07, 6.45) is 0.155. The van der Waals surface area contributed by atoms with E-state index in [1.165, 1.54) is 24.3 Å². The maximum atomic E-state index is 13.1. The van der Waals surface area contributed by atoms with E-state index in [0.29, 0.717) is 24.9 Å². The molecule has 0 heterocycles. The van der Waals surface area contributed by atoms with Crippen LogP contribution in [-0.2, 0) is 30.4 Å². The van der Waals surface area contributed by atoms with E-state index in [1.807, 2.05) is 0 Å². The molecule has 0 saturated carbocycles. The summed E-state index contributed by atoms with van der Waals surface area (Å²) in [6, 6.07) is 0.407. The highest BCUT2D eigenvalue weighted by Gasteiger charge is 2.30. The second kappa shape index (κ2) is 16.1. The molecule has 11 N–H and O–H groups in total. The number of phenols is 1. The van der Waals surface area contributed by atoms with Crippen molar-refractivity contribution in [1.82, 2.24) is 16.0 Å². The molecule has 0 bridgehead atoms. The Morgan fingerprint density at radius 1 is 0.811 bits per heavy atom. The van der Waals surface area contributed by atoms with Crippen LogP contribution in [0.3, 0.4) is 0 Å². The zero-order valence-corrected chi connectivity index (χ0v) is 20.3. The van der Waals surface area contributed by atoms with Crippen LogP contribution in [0.25, 0.3) is 0 Å². The molecular formula is C23H35N5O9. The maximum Gasteiger partial charge on any atom is 0.326 e. The van der Waals surface area contributed by atoms with E-state index >= 15 is 0 Å². The van der Waals surface area contributed by atoms with E-state index in [1.54, 1.807) is 0 Å². The number of carboxylic acids is 2. The lowest BCUT2D eigenvalue weighted by atomic mass is 10.0. The minimum Gasteiger partial charge on any atom is -0.508 e. The van der Waals surface area contributed by atoms with Crippen LogP contribution >= 0.6 is 0 Å². The number of benzene rings is 1. The predicted molar refractivity (Wildman–Crippen MR) is 130 cm³/mol. The molecule has 0 spiro atoms. The Labute approximate surface area is 213 Å². The number of phenolic OH excluding ortho intramolecular Hbond substituents is 1. The average molecular weight is 526 g/mol. The number of hydrogen-bond acceptors (Lipinski definition) is 9. The number of aliphatic carboxylic acids is 2. The van der Waals surface area contributed by atoms with Crippen molar-refractivity contribution in [1.29, 1.82) is 0 Å². The molecule has 0 aliphatic rings. The number of rotatable bonds is 17. The van der Waals surface area contributed by atoms with Crippen LogP contribution in [-0.4, -0.2) is 87.4 Å². The van der Waals surface area contributed by atoms with Crippen molar-refractivity contribution in [2.75, 3.05) is 13.2 Å². The van der Waals surface area contributed by atoms with E-state index in [0.717, 1.165) is 0 Å². The molecule has 1 rings (SSSR count). The van der Waals surface area contributed by atoms with Gasteiger partial charge in [0.2, 0.25) is 17.7 Å². The summed E-state index contributed by atoms with van der Waals surface area (Å²) in [5.74, 6) is -5.18. The summed E-state index contributed by atoms with van der Waals surface area (Å²) in [7, 11) is 0. The first-order valence-corrected chi connectivity index (χ1v) is 11.7. The smallest absolute Gasteiger partial charge is 0.326 e. The van der Waals surface area contributed by atoms with Gasteiger partial charge in [-0.3, -0.25) is 19.2 Å². The fraction of sp³-hybridized carbons (Fsp3) is 0.522. The summed E-state index contributed by atoms with van der Waals surface area (Å²) in [6.45, 7) is -0.366. The number of aliphatic hydroxyl groups is 1. The van der Waals surface area contributed by atoms with Crippen molar-refractivity contribution in [2.45, 2.75) is 62.7 Å². The molecule has 14 heteroatoms. The molecule has 0 saturated heterocycles. The predicted octanol–water partition coefficient (Wildman–Crippen LogP) is -2.21. The molecule has 206 valence electrons. The second-order valence-electron chi connectivity index (χ2n) is 8.40. The first-order valence-electron chi connectivity index (χ1n) is 11.7. The number of aliphatic hydroxyl groups excluding tert-OH is 1. The quantitative estimate of drug-likeness (QED) is 0.0985. The Hall–Kier alpha value is -3.75. The number of unbranched alkanes of at least 4 members (excludes halogenated alkanes) is 1. The molecule has 1 aromatic carbocycles. The van der Waals surface area contributed by atoms with Gasteiger partial charge in [0.15, 0.2) is 0 Å². The standard InChI is InChI=1S/C23H35N5O9/c24-10-2-1-3-17(23(36)37)27-22(35)18(11-13-4-6-14(30)7-5-13)28-21(34)16(8-9-19(31)32)26-20(33)15(25)12-29/h4-7,15-18,29-30H,1-3,8-12,24-25H2,(H,26,33)(H,27,35)(H,28,34)(H,31,32)(H,36,37). The number of nitrogens with one attached hydrogen (secondary N) is 3. The molecule has 0 radical (unpaired) electrons. The number of carboxylic acid groups (broad SMARTS) is 2. The van der Waals surface area contributed by atoms with Crippen LogP contribution in [0, 0.1) is 0 Å². The second-order valence-corrected chi connectivity index (χ2v) is 8.40. The van der Waals surface area contributed by atoms with Crippen LogP contribution < -0.4 is 27.4 Å². The summed E-state index contributed by atoms with van der Waals surface area (Å²) in [5.41, 5.74) is 11.4. The Bertz CT molecular complexity index is 926. The summed E-state index contributed by atoms with van der Waals surface area (Å²) >= 11 is 0. The largest absolute Gasteiger partial charge is 0.508 e. The molecule has 37 heavy (non-hydrogen) atoms. The highest BCUT2D eigenvalue weighted by Crippen LogP contribution is 2.12. The molecule has 14 nitrogen and oxygen atoms in total. The molecule has 0 aliphatic carbocycles. The fourth-order valence-electron chi connectivity index (χ4n) is 3.27. The molecule has 0 fully saturated rings. The van der Waals surface area contributed by atoms with E-state index < -0.39 is 66.9 Å². The fourth-order valence-corrected chi connectivity index (χ4v) is 3.27. The minimum absolute atomic E-state index is 0.0312. The van der Waals surface area contributed by atoms with E-state index in [2.05, 4.69) is 16.0 Å². The van der Waals surface area contributed by atoms with E-state index in [4.69, 9.17) is 21.7 Å². The number of amides is 3. The number of carbonyl (C=O) groups excluding carboxylic acids is 3. The third-order valence-corrected chi connectivity index (χ3v) is 5.38. The summed E-state index contributed by atoms with van der Waals surface area (Å²) < 4.78 is 0. The van der Waals surface area contributed by atoms with Gasteiger partial charge in [0.05, 0.1) is 6.61 Å². The first kappa shape index (κ1) is 31.3. The van der Waals surface area contributed by atoms with Gasteiger partial charge in [-0.25, -0.2) is 4.79 Å². The van der Waals surface area contributed by atoms with Crippen molar-refractivity contribution < 1.29 is 44.4 Å². The van der Waals surface area contributed by atoms with Gasteiger partial charge in [-0.2, -0.15) is 0 Å². The number of hydrogen-bond donors (Lipinski definition) is 9. The van der Waals surface area contributed by atoms with E-state index in [9.17, 15) is 34.2 Å². The first-order chi connectivity index (χ1) is 17.5. The van der Waals surface area contributed by atoms with Crippen molar-refractivity contribution >= 4 is 29.7 Å². The Kier molecular flexibility index (Phi) is 13.6. The molecular weight excluding hydrogens is 490 g/mol. The van der Waals surface area contributed by atoms with Gasteiger partial charge in [0.25, 0.3) is 0 Å². The summed E-state index contributed by atoms with van der Waals surface area (Å²) in [5, 5.41) is 44.2. The molecule has 4 unspecified atom stereocenters. The van der Waals surface area contributed by atoms with E-state index in [-0.39, 0.29) is 25.0 Å². The van der Waals surface area contributed by atoms with Crippen molar-refractivity contribution in [3.05, 3.63) is 29.8 Å². The van der Waals surface area contributed by atoms with Gasteiger partial charge >= 0.3 is 11.9 Å². The van der Waals surface area contributed by atoms with Crippen LogP contribution in [0.4, 0.5) is 0 Å². The van der Waals surface area contributed by atoms with Gasteiger partial charge in [0.1, 0.15) is 29.9 Å². The van der Waals surface area contributed by atoms with Gasteiger partial charge in [-0.1, -0.05) is 12.1 Å². The van der Waals surface area contributed by atoms with Crippen LogP contribution in [0.2, 0.25) is 0 Å². The van der Waals surface area contributed by atoms with Crippen LogP contribution in [0.1, 0.15) is 37.7 Å². The van der Waals surface area contributed by atoms with Gasteiger partial charge in [0, 0.05) is 12.8 Å². The molecule has 3 amide bonds. The Morgan fingerprint density at radius 2 is 1.38 bits per heavy atom. The number of nitrogens with two attached hydrogens (primary N) is 2. The van der Waals surface area contributed by atoms with Crippen LogP contribution in [0.15, 0.2) is 24.3 Å². The lowest BCUT2D eigenvalue weighted by molar-refractivity contribution is -0.142. The molecule has 0 aromatic heterocycles. The van der Waals surface area contributed by atoms with Crippen molar-refractivity contribution in [3.8, 4) is 5.75 Å². The van der Waals surface area contributed by atoms with Crippen molar-refractivity contribution in [2.24, 2.45) is 11.5 Å². The van der Waals surface area contributed by atoms with Gasteiger partial charge in [-0.05, 0) is 49.9 Å². The zero-order chi connectivity index (χ0) is 28.0. The zero-order valence-electron chi connectivity index (χ0n) is 20.3. The SMILES string of the molecule is NCCCCC(NC(=O)C(Cc1ccc(O)cc1)NC(=O)C(CCC(=O)O)NC(=O)C(N)CO)C(=O)O. The molecule has 0 aliphatic heterocycles. The third kappa shape index (κ3) is 11.7. The minimum atomic E-state index is -1.41. The maximum absolute atomic E-state index is 13.1. The monoisotopic (exact) mass is 525 g/mol. The number of carbonyl (C=O) groups is 5. The van der Waals surface area contributed by atoms with Gasteiger partial charge < -0.3 is 47.8 Å². The van der Waals surface area contributed by atoms with Crippen LogP contribution in [0.5, 0.6) is 5.75 Å². The Balaban J connectivity index is 3.14. The third-order valence-electron chi connectivity index (χ3n) is 5.38. The Morgan fingerprint density at radius 3 is 1.92 bits per heavy atom. The lowest BCUT2D eigenvalue weighted by Crippen LogP contribution is -2.58. The molecule has 1 aromatic rings. The molecule has 4 atom stereocenters. The topological polar surface area (TPSA) is 254 Å². The highest BCUT2D eigenvalue weighted by molar-refractivity contribution is 5.94. The van der Waals surface area contributed by atoms with Gasteiger partial charge in [-0.15, -0.1) is 0 Å². The normalized spacial score (nSPS) is 14.0. The summed E-state index contributed by atoms with van der Waals surface area (Å²) in [4.78, 5) is 60.9. The highest BCUT2D eigenvalue weighted by atomic mass is 16.4. The lowest BCUT2D eigenvalue weighted by Gasteiger charge is -2.25.